The second kappa shape index (κ2) is 31.0. The fourth-order valence-electron chi connectivity index (χ4n) is 5.72. The molecule has 2 N–H and O–H groups in total. The van der Waals surface area contributed by atoms with E-state index in [2.05, 4.69) is 49.2 Å². The summed E-state index contributed by atoms with van der Waals surface area (Å²) in [4.78, 5) is 76.5. The first-order chi connectivity index (χ1) is 34.6. The number of carbonyl (C=O) groups excluding carboxylic acids is 2. The maximum Gasteiger partial charge on any atom is 0.435 e. The Morgan fingerprint density at radius 3 is 1.57 bits per heavy atom. The number of phenols is 1. The molecule has 27 heteroatoms. The van der Waals surface area contributed by atoms with Gasteiger partial charge in [-0.15, -0.1) is 0 Å². The number of azide groups is 1. The summed E-state index contributed by atoms with van der Waals surface area (Å²) in [6, 6.07) is 34.8. The number of ether oxygens (including phenoxy) is 1. The highest BCUT2D eigenvalue weighted by Gasteiger charge is 2.24. The Balaban J connectivity index is 0.000000276. The van der Waals surface area contributed by atoms with Crippen LogP contribution in [0.25, 0.3) is 10.4 Å². The third-order valence-corrected chi connectivity index (χ3v) is 11.3. The minimum absolute atomic E-state index is 0.0451. The third-order valence-electron chi connectivity index (χ3n) is 8.83. The van der Waals surface area contributed by atoms with E-state index in [9.17, 15) is 53.5 Å². The standard InChI is InChI=1S/C23H18N3O4P.C8H10FN3O3.C7H8O.C5H5N3O4.C2H4FN3/c27-22(17-25-16-15-24-23(25)26(28)29)30-20-13-7-8-14-21(20)31(18-9-3-1-4-10-18)19-11-5-2-6-12-19;9-3-1-2-7(13)6-11-5-4-10-8(11)12(14)15;1-6-4-2-3-5-7(6)8;9-4(10)3-7-2-1-6-5(7)8(11)12;3-1-2-5-6-4/h1-16H,17H2;4-5H,1-3,6H2;2-5,8H,1H3;1-2H,3H2,(H,9,10);1-2H2. The first-order valence-corrected chi connectivity index (χ1v) is 22.2. The van der Waals surface area contributed by atoms with Gasteiger partial charge < -0.3 is 45.3 Å². The second-order valence-corrected chi connectivity index (χ2v) is 16.1. The quantitative estimate of drug-likeness (QED) is 0.0126. The Morgan fingerprint density at radius 2 is 1.15 bits per heavy atom. The van der Waals surface area contributed by atoms with Crippen molar-refractivity contribution >= 4 is 59.4 Å². The Hall–Kier alpha value is -9.28. The van der Waals surface area contributed by atoms with E-state index in [-0.39, 0.29) is 44.2 Å². The molecule has 3 heterocycles. The number of carboxylic acid groups (broad SMARTS) is 1. The summed E-state index contributed by atoms with van der Waals surface area (Å²) in [5.41, 5.74) is 8.41. The third kappa shape index (κ3) is 19.4. The van der Waals surface area contributed by atoms with Gasteiger partial charge in [-0.1, -0.05) is 117 Å². The molecule has 0 fully saturated rings. The Morgan fingerprint density at radius 1 is 0.694 bits per heavy atom. The van der Waals surface area contributed by atoms with Crippen molar-refractivity contribution in [2.75, 3.05) is 19.9 Å². The number of Topliss-reactive ketones (excluding diaryl/α,β-unsaturated/α-hetero) is 1. The average molecular weight is 1010 g/mol. The predicted octanol–water partition coefficient (Wildman–Crippen LogP) is 7.11. The monoisotopic (exact) mass is 1010 g/mol. The predicted molar refractivity (Wildman–Crippen MR) is 258 cm³/mol. The highest BCUT2D eigenvalue weighted by Crippen LogP contribution is 2.36. The maximum absolute atomic E-state index is 12.6. The number of nitro groups is 3. The van der Waals surface area contributed by atoms with Gasteiger partial charge in [0.2, 0.25) is 0 Å². The number of nitrogens with zero attached hydrogens (tertiary/aromatic N) is 12. The molecule has 0 saturated carbocycles. The van der Waals surface area contributed by atoms with Crippen molar-refractivity contribution in [3.8, 4) is 11.5 Å². The normalized spacial score (nSPS) is 9.94. The van der Waals surface area contributed by atoms with Crippen LogP contribution in [-0.4, -0.2) is 91.3 Å². The van der Waals surface area contributed by atoms with Gasteiger partial charge in [-0.05, 0) is 69.9 Å². The zero-order valence-electron chi connectivity index (χ0n) is 38.1. The fraction of sp³-hybridized carbons (Fsp3) is 0.200. The lowest BCUT2D eigenvalue weighted by Crippen LogP contribution is -2.24. The van der Waals surface area contributed by atoms with Crippen LogP contribution in [0, 0.1) is 37.3 Å². The lowest BCUT2D eigenvalue weighted by atomic mass is 10.2. The summed E-state index contributed by atoms with van der Waals surface area (Å²) >= 11 is 0. The van der Waals surface area contributed by atoms with Crippen molar-refractivity contribution in [2.45, 2.75) is 39.4 Å². The van der Waals surface area contributed by atoms with E-state index in [0.717, 1.165) is 35.2 Å². The maximum atomic E-state index is 12.6. The molecular formula is C45H45F2N12O12P. The van der Waals surface area contributed by atoms with E-state index in [1.165, 1.54) is 37.2 Å². The van der Waals surface area contributed by atoms with Gasteiger partial charge in [-0.3, -0.25) is 13.6 Å². The summed E-state index contributed by atoms with van der Waals surface area (Å²) in [5.74, 6) is -2.42. The molecule has 0 aliphatic rings. The number of carboxylic acids is 1. The van der Waals surface area contributed by atoms with Gasteiger partial charge in [0, 0.05) is 16.6 Å². The van der Waals surface area contributed by atoms with E-state index < -0.39 is 66.4 Å². The number of hydrogen-bond acceptors (Lipinski definition) is 15. The summed E-state index contributed by atoms with van der Waals surface area (Å²) in [5, 5.41) is 54.9. The lowest BCUT2D eigenvalue weighted by molar-refractivity contribution is -0.396. The van der Waals surface area contributed by atoms with E-state index in [4.69, 9.17) is 20.5 Å². The molecule has 0 spiro atoms. The topological polar surface area (TPSA) is 333 Å². The van der Waals surface area contributed by atoms with Gasteiger partial charge in [-0.25, -0.2) is 23.3 Å². The van der Waals surface area contributed by atoms with Crippen LogP contribution in [0.5, 0.6) is 11.5 Å². The molecular weight excluding hydrogens is 970 g/mol. The number of imidazole rings is 3. The highest BCUT2D eigenvalue weighted by molar-refractivity contribution is 7.80. The number of para-hydroxylation sites is 2. The number of phenolic OH excluding ortho intramolecular Hbond substituents is 1. The van der Waals surface area contributed by atoms with Gasteiger partial charge in [0.25, 0.3) is 0 Å². The second-order valence-electron chi connectivity index (χ2n) is 13.9. The first kappa shape index (κ1) is 57.0. The van der Waals surface area contributed by atoms with E-state index in [1.54, 1.807) is 18.2 Å². The number of halogens is 2. The number of esters is 1. The zero-order valence-corrected chi connectivity index (χ0v) is 39.0. The van der Waals surface area contributed by atoms with E-state index in [1.807, 2.05) is 73.7 Å². The fourth-order valence-corrected chi connectivity index (χ4v) is 8.09. The van der Waals surface area contributed by atoms with Gasteiger partial charge in [0.15, 0.2) is 18.9 Å². The van der Waals surface area contributed by atoms with Gasteiger partial charge in [0.05, 0.1) is 19.9 Å². The van der Waals surface area contributed by atoms with Crippen molar-refractivity contribution in [3.05, 3.63) is 193 Å². The van der Waals surface area contributed by atoms with E-state index >= 15 is 0 Å². The Labute approximate surface area is 408 Å². The molecule has 0 aliphatic heterocycles. The minimum atomic E-state index is -1.14. The van der Waals surface area contributed by atoms with Crippen LogP contribution in [0.4, 0.5) is 26.6 Å². The summed E-state index contributed by atoms with van der Waals surface area (Å²) in [7, 11) is -0.968. The molecule has 0 saturated heterocycles. The molecule has 3 aromatic heterocycles. The van der Waals surface area contributed by atoms with Gasteiger partial charge in [-0.2, -0.15) is 0 Å². The number of hydrogen-bond donors (Lipinski definition) is 2. The molecule has 7 rings (SSSR count). The summed E-state index contributed by atoms with van der Waals surface area (Å²) in [6.45, 7) is -0.181. The number of rotatable bonds is 18. The summed E-state index contributed by atoms with van der Waals surface area (Å²) in [6.07, 6.45) is 7.93. The molecule has 0 atom stereocenters. The van der Waals surface area contributed by atoms with Crippen LogP contribution in [0.15, 0.2) is 151 Å². The number of alkyl halides is 2. The number of carbonyl (C=O) groups is 3. The van der Waals surface area contributed by atoms with Crippen molar-refractivity contribution in [1.29, 1.82) is 0 Å². The summed E-state index contributed by atoms with van der Waals surface area (Å²) < 4.78 is 31.6. The molecule has 376 valence electrons. The molecule has 0 unspecified atom stereocenters. The number of aromatic nitrogens is 6. The molecule has 4 aromatic carbocycles. The molecule has 0 bridgehead atoms. The highest BCUT2D eigenvalue weighted by atomic mass is 31.1. The van der Waals surface area contributed by atoms with E-state index in [0.29, 0.717) is 11.5 Å². The van der Waals surface area contributed by atoms with Crippen LogP contribution in [-0.2, 0) is 34.0 Å². The molecule has 24 nitrogen and oxygen atoms in total. The van der Waals surface area contributed by atoms with Crippen LogP contribution in [0.3, 0.4) is 0 Å². The SMILES string of the molecule is Cc1ccccc1O.O=C(CCCF)Cn1ccnc1[N+](=O)[O-].O=C(Cn1ccnc1[N+](=O)[O-])Oc1ccccc1P(c1ccccc1)c1ccccc1.O=C(O)Cn1ccnc1[N+](=O)[O-].[N-]=[N+]=NCCF. The number of aliphatic carboxylic acids is 1. The van der Waals surface area contributed by atoms with Crippen molar-refractivity contribution in [1.82, 2.24) is 28.7 Å². The van der Waals surface area contributed by atoms with Crippen LogP contribution in [0.2, 0.25) is 0 Å². The molecule has 72 heavy (non-hydrogen) atoms. The number of aromatic hydroxyl groups is 1. The van der Waals surface area contributed by atoms with Crippen molar-refractivity contribution in [2.24, 2.45) is 5.11 Å². The zero-order chi connectivity index (χ0) is 52.8. The number of aryl methyl sites for hydroxylation is 1. The molecule has 0 aliphatic carbocycles. The van der Waals surface area contributed by atoms with Crippen molar-refractivity contribution < 1.29 is 52.9 Å². The Kier molecular flexibility index (Phi) is 24.5. The lowest BCUT2D eigenvalue weighted by Gasteiger charge is -2.21. The first-order valence-electron chi connectivity index (χ1n) is 20.9. The van der Waals surface area contributed by atoms with Crippen LogP contribution >= 0.6 is 7.92 Å². The molecule has 0 amide bonds. The van der Waals surface area contributed by atoms with Crippen molar-refractivity contribution in [3.63, 3.8) is 0 Å². The molecule has 7 aromatic rings. The smallest absolute Gasteiger partial charge is 0.435 e. The number of ketones is 1. The largest absolute Gasteiger partial charge is 0.508 e. The number of benzene rings is 4. The average Bonchev–Trinajstić information content (AvgIpc) is 4.16. The van der Waals surface area contributed by atoms with Crippen LogP contribution < -0.4 is 20.7 Å². The van der Waals surface area contributed by atoms with Gasteiger partial charge >= 0.3 is 29.8 Å². The molecule has 0 radical (unpaired) electrons. The van der Waals surface area contributed by atoms with Gasteiger partial charge in [0.1, 0.15) is 55.2 Å². The Bertz CT molecular complexity index is 2840. The van der Waals surface area contributed by atoms with Crippen LogP contribution in [0.1, 0.15) is 18.4 Å². The minimum Gasteiger partial charge on any atom is -0.508 e.